The summed E-state index contributed by atoms with van der Waals surface area (Å²) in [5.74, 6) is 0.634. The molecule has 3 aromatic rings. The first-order valence-electron chi connectivity index (χ1n) is 6.15. The van der Waals surface area contributed by atoms with E-state index in [4.69, 9.17) is 0 Å². The molecule has 1 atom stereocenters. The van der Waals surface area contributed by atoms with E-state index in [0.29, 0.717) is 5.95 Å². The molecule has 6 heteroatoms. The highest BCUT2D eigenvalue weighted by molar-refractivity contribution is 7.11. The van der Waals surface area contributed by atoms with E-state index < -0.39 is 0 Å². The van der Waals surface area contributed by atoms with Crippen LogP contribution in [0.4, 0.5) is 5.95 Å². The maximum absolute atomic E-state index is 4.46. The number of fused-ring (bicyclic) bond motifs is 1. The van der Waals surface area contributed by atoms with Crippen LogP contribution >= 0.6 is 11.3 Å². The first kappa shape index (κ1) is 12.1. The lowest BCUT2D eigenvalue weighted by atomic mass is 10.4. The maximum Gasteiger partial charge on any atom is 0.243 e. The van der Waals surface area contributed by atoms with Crippen LogP contribution in [0, 0.1) is 13.8 Å². The number of aromatic nitrogens is 4. The van der Waals surface area contributed by atoms with Crippen molar-refractivity contribution in [2.24, 2.45) is 0 Å². The van der Waals surface area contributed by atoms with Gasteiger partial charge < -0.3 is 5.32 Å². The number of rotatable bonds is 3. The van der Waals surface area contributed by atoms with Crippen LogP contribution in [0.3, 0.4) is 0 Å². The summed E-state index contributed by atoms with van der Waals surface area (Å²) in [6.07, 6.45) is 1.89. The molecule has 19 heavy (non-hydrogen) atoms. The zero-order chi connectivity index (χ0) is 13.4. The van der Waals surface area contributed by atoms with Crippen molar-refractivity contribution in [3.8, 4) is 0 Å². The molecule has 0 radical (unpaired) electrons. The molecule has 0 aliphatic heterocycles. The molecule has 0 saturated heterocycles. The van der Waals surface area contributed by atoms with Crippen LogP contribution < -0.4 is 5.32 Å². The first-order chi connectivity index (χ1) is 9.13. The van der Waals surface area contributed by atoms with Crippen LogP contribution in [0.5, 0.6) is 0 Å². The van der Waals surface area contributed by atoms with Crippen LogP contribution in [0.2, 0.25) is 0 Å². The predicted octanol–water partition coefficient (Wildman–Crippen LogP) is 2.98. The Hall–Kier alpha value is -1.95. The highest BCUT2D eigenvalue weighted by Crippen LogP contribution is 2.22. The van der Waals surface area contributed by atoms with Crippen molar-refractivity contribution in [3.63, 3.8) is 0 Å². The minimum Gasteiger partial charge on any atom is -0.344 e. The number of nitrogens with zero attached hydrogens (tertiary/aromatic N) is 4. The number of anilines is 1. The van der Waals surface area contributed by atoms with E-state index >= 15 is 0 Å². The summed E-state index contributed by atoms with van der Waals surface area (Å²) in [4.78, 5) is 10.1. The Balaban J connectivity index is 1.87. The molecule has 1 N–H and O–H groups in total. The van der Waals surface area contributed by atoms with Gasteiger partial charge >= 0.3 is 0 Å². The first-order valence-corrected chi connectivity index (χ1v) is 6.96. The zero-order valence-corrected chi connectivity index (χ0v) is 11.9. The molecule has 3 aromatic heterocycles. The van der Waals surface area contributed by atoms with E-state index in [9.17, 15) is 0 Å². The van der Waals surface area contributed by atoms with Gasteiger partial charge in [-0.05, 0) is 32.9 Å². The third-order valence-electron chi connectivity index (χ3n) is 2.90. The minimum absolute atomic E-state index is 0.108. The van der Waals surface area contributed by atoms with Crippen molar-refractivity contribution >= 4 is 22.9 Å². The minimum atomic E-state index is 0.108. The number of pyridine rings is 1. The summed E-state index contributed by atoms with van der Waals surface area (Å²) in [6, 6.07) is 6.05. The molecular weight excluding hydrogens is 258 g/mol. The average Bonchev–Trinajstić information content (AvgIpc) is 2.96. The second kappa shape index (κ2) is 4.62. The van der Waals surface area contributed by atoms with Crippen molar-refractivity contribution in [2.45, 2.75) is 26.8 Å². The van der Waals surface area contributed by atoms with Gasteiger partial charge in [-0.2, -0.15) is 4.98 Å². The fourth-order valence-electron chi connectivity index (χ4n) is 1.92. The largest absolute Gasteiger partial charge is 0.344 e. The van der Waals surface area contributed by atoms with Crippen molar-refractivity contribution in [2.75, 3.05) is 5.32 Å². The zero-order valence-electron chi connectivity index (χ0n) is 11.1. The van der Waals surface area contributed by atoms with Crippen LogP contribution in [0.1, 0.15) is 28.5 Å². The number of nitrogens with one attached hydrogen (secondary N) is 1. The molecule has 3 rings (SSSR count). The molecule has 0 aliphatic rings. The van der Waals surface area contributed by atoms with E-state index in [1.54, 1.807) is 11.3 Å². The second-order valence-corrected chi connectivity index (χ2v) is 5.81. The molecule has 0 bridgehead atoms. The number of thiazole rings is 1. The highest BCUT2D eigenvalue weighted by Gasteiger charge is 2.12. The van der Waals surface area contributed by atoms with Gasteiger partial charge in [-0.1, -0.05) is 6.07 Å². The molecule has 0 saturated carbocycles. The summed E-state index contributed by atoms with van der Waals surface area (Å²) in [7, 11) is 0. The van der Waals surface area contributed by atoms with E-state index in [2.05, 4.69) is 34.2 Å². The molecular formula is C13H15N5S. The summed E-state index contributed by atoms with van der Waals surface area (Å²) in [5.41, 5.74) is 1.92. The highest BCUT2D eigenvalue weighted by atomic mass is 32.1. The Bertz CT molecular complexity index is 715. The average molecular weight is 273 g/mol. The van der Waals surface area contributed by atoms with Gasteiger partial charge in [0.05, 0.1) is 6.04 Å². The molecule has 0 amide bonds. The van der Waals surface area contributed by atoms with Crippen LogP contribution in [-0.4, -0.2) is 19.6 Å². The standard InChI is InChI=1S/C13H15N5S/c1-8-5-4-6-11-16-13(17-18(8)11)15-10(3)12-14-7-9(2)19-12/h4-7,10H,1-3H3,(H,15,17). The SMILES string of the molecule is Cc1cnc(C(C)Nc2nc3cccc(C)n3n2)s1. The second-order valence-electron chi connectivity index (χ2n) is 4.55. The fraction of sp³-hybridized carbons (Fsp3) is 0.308. The Labute approximate surface area is 115 Å². The van der Waals surface area contributed by atoms with Crippen molar-refractivity contribution < 1.29 is 0 Å². The van der Waals surface area contributed by atoms with E-state index in [1.165, 1.54) is 4.88 Å². The smallest absolute Gasteiger partial charge is 0.243 e. The van der Waals surface area contributed by atoms with E-state index in [-0.39, 0.29) is 6.04 Å². The lowest BCUT2D eigenvalue weighted by molar-refractivity contribution is 0.836. The Morgan fingerprint density at radius 2 is 2.16 bits per heavy atom. The maximum atomic E-state index is 4.46. The number of aryl methyl sites for hydroxylation is 2. The number of hydrogen-bond acceptors (Lipinski definition) is 5. The molecule has 0 fully saturated rings. The molecule has 3 heterocycles. The van der Waals surface area contributed by atoms with Gasteiger partial charge in [0, 0.05) is 16.8 Å². The molecule has 0 aliphatic carbocycles. The van der Waals surface area contributed by atoms with Crippen LogP contribution in [-0.2, 0) is 0 Å². The van der Waals surface area contributed by atoms with Gasteiger partial charge in [-0.15, -0.1) is 16.4 Å². The van der Waals surface area contributed by atoms with Gasteiger partial charge in [0.15, 0.2) is 5.65 Å². The number of hydrogen-bond donors (Lipinski definition) is 1. The Morgan fingerprint density at radius 1 is 1.32 bits per heavy atom. The van der Waals surface area contributed by atoms with Crippen molar-refractivity contribution in [1.29, 1.82) is 0 Å². The summed E-state index contributed by atoms with van der Waals surface area (Å²) in [5, 5.41) is 8.80. The third kappa shape index (κ3) is 2.31. The van der Waals surface area contributed by atoms with Gasteiger partial charge in [-0.3, -0.25) is 0 Å². The van der Waals surface area contributed by atoms with E-state index in [0.717, 1.165) is 16.3 Å². The quantitative estimate of drug-likeness (QED) is 0.797. The van der Waals surface area contributed by atoms with E-state index in [1.807, 2.05) is 35.8 Å². The third-order valence-corrected chi connectivity index (χ3v) is 4.00. The van der Waals surface area contributed by atoms with Crippen LogP contribution in [0.15, 0.2) is 24.4 Å². The van der Waals surface area contributed by atoms with Crippen molar-refractivity contribution in [1.82, 2.24) is 19.6 Å². The molecule has 5 nitrogen and oxygen atoms in total. The lowest BCUT2D eigenvalue weighted by Gasteiger charge is -2.08. The normalized spacial score (nSPS) is 12.8. The van der Waals surface area contributed by atoms with Gasteiger partial charge in [0.1, 0.15) is 5.01 Å². The summed E-state index contributed by atoms with van der Waals surface area (Å²) in [6.45, 7) is 6.14. The molecule has 0 spiro atoms. The Morgan fingerprint density at radius 3 is 2.84 bits per heavy atom. The monoisotopic (exact) mass is 273 g/mol. The Kier molecular flexibility index (Phi) is 2.94. The van der Waals surface area contributed by atoms with Crippen LogP contribution in [0.25, 0.3) is 5.65 Å². The van der Waals surface area contributed by atoms with Gasteiger partial charge in [-0.25, -0.2) is 9.50 Å². The lowest BCUT2D eigenvalue weighted by Crippen LogP contribution is -2.07. The summed E-state index contributed by atoms with van der Waals surface area (Å²) < 4.78 is 1.84. The molecule has 0 aromatic carbocycles. The molecule has 1 unspecified atom stereocenters. The van der Waals surface area contributed by atoms with Crippen molar-refractivity contribution in [3.05, 3.63) is 40.0 Å². The predicted molar refractivity (Wildman–Crippen MR) is 76.6 cm³/mol. The summed E-state index contributed by atoms with van der Waals surface area (Å²) >= 11 is 1.69. The topological polar surface area (TPSA) is 55.1 Å². The van der Waals surface area contributed by atoms with Gasteiger partial charge in [0.2, 0.25) is 5.95 Å². The van der Waals surface area contributed by atoms with Gasteiger partial charge in [0.25, 0.3) is 0 Å². The molecule has 98 valence electrons. The fourth-order valence-corrected chi connectivity index (χ4v) is 2.70.